The Morgan fingerprint density at radius 3 is 2.35 bits per heavy atom. The quantitative estimate of drug-likeness (QED) is 0.781. The molecule has 1 aliphatic heterocycles. The van der Waals surface area contributed by atoms with Gasteiger partial charge in [-0.2, -0.15) is 8.78 Å². The van der Waals surface area contributed by atoms with Gasteiger partial charge in [-0.25, -0.2) is 13.8 Å². The van der Waals surface area contributed by atoms with Gasteiger partial charge in [0.2, 0.25) is 0 Å². The fourth-order valence-electron chi connectivity index (χ4n) is 1.90. The second-order valence-corrected chi connectivity index (χ2v) is 4.27. The zero-order chi connectivity index (χ0) is 14.8. The van der Waals surface area contributed by atoms with Gasteiger partial charge in [-0.3, -0.25) is 9.78 Å². The van der Waals surface area contributed by atoms with Crippen LogP contribution in [0.4, 0.5) is 23.4 Å². The lowest BCUT2D eigenvalue weighted by molar-refractivity contribution is -0.180. The highest BCUT2D eigenvalue weighted by molar-refractivity contribution is 5.84. The summed E-state index contributed by atoms with van der Waals surface area (Å²) in [6.07, 6.45) is 0.489. The fourth-order valence-corrected chi connectivity index (χ4v) is 1.90. The number of carbonyl (C=O) groups excluding carboxylic acids is 1. The van der Waals surface area contributed by atoms with Crippen molar-refractivity contribution >= 4 is 11.7 Å². The second-order valence-electron chi connectivity index (χ2n) is 4.27. The predicted molar refractivity (Wildman–Crippen MR) is 61.8 cm³/mol. The van der Waals surface area contributed by atoms with E-state index >= 15 is 0 Å². The molecule has 1 fully saturated rings. The third-order valence-electron chi connectivity index (χ3n) is 3.00. The highest BCUT2D eigenvalue weighted by Crippen LogP contribution is 2.26. The molecule has 0 bridgehead atoms. The van der Waals surface area contributed by atoms with Gasteiger partial charge in [0.25, 0.3) is 5.91 Å². The lowest BCUT2D eigenvalue weighted by Gasteiger charge is -2.36. The van der Waals surface area contributed by atoms with Crippen LogP contribution in [-0.4, -0.2) is 59.3 Å². The van der Waals surface area contributed by atoms with Gasteiger partial charge >= 0.3 is 12.3 Å². The summed E-state index contributed by atoms with van der Waals surface area (Å²) in [7, 11) is 0. The highest BCUT2D eigenvalue weighted by atomic mass is 19.3. The molecule has 1 amide bonds. The summed E-state index contributed by atoms with van der Waals surface area (Å²) in [4.78, 5) is 21.8. The number of amides is 1. The van der Waals surface area contributed by atoms with Crippen LogP contribution < -0.4 is 4.90 Å². The van der Waals surface area contributed by atoms with Crippen molar-refractivity contribution in [3.8, 4) is 0 Å². The first-order chi connectivity index (χ1) is 9.43. The number of halogens is 4. The number of aromatic nitrogens is 2. The van der Waals surface area contributed by atoms with Crippen LogP contribution in [0.3, 0.4) is 0 Å². The largest absolute Gasteiger partial charge is 0.383 e. The molecular formula is C11H12F4N4O. The van der Waals surface area contributed by atoms with Gasteiger partial charge in [-0.1, -0.05) is 0 Å². The molecule has 0 atom stereocenters. The molecule has 0 N–H and O–H groups in total. The maximum atomic E-state index is 13.0. The van der Waals surface area contributed by atoms with Gasteiger partial charge < -0.3 is 9.80 Å². The SMILES string of the molecule is O=C(N1CCN(c2cnccn2)CC1)C(F)(F)C(F)F. The van der Waals surface area contributed by atoms with Crippen molar-refractivity contribution in [1.29, 1.82) is 0 Å². The molecule has 0 unspecified atom stereocenters. The van der Waals surface area contributed by atoms with Crippen molar-refractivity contribution in [1.82, 2.24) is 14.9 Å². The van der Waals surface area contributed by atoms with E-state index in [0.29, 0.717) is 5.82 Å². The molecule has 1 aromatic heterocycles. The van der Waals surface area contributed by atoms with Crippen molar-refractivity contribution in [2.75, 3.05) is 31.1 Å². The summed E-state index contributed by atoms with van der Waals surface area (Å²) in [5, 5.41) is 0. The van der Waals surface area contributed by atoms with Crippen molar-refractivity contribution in [3.05, 3.63) is 18.6 Å². The third-order valence-corrected chi connectivity index (χ3v) is 3.00. The predicted octanol–water partition coefficient (Wildman–Crippen LogP) is 1.03. The monoisotopic (exact) mass is 292 g/mol. The molecule has 9 heteroatoms. The average molecular weight is 292 g/mol. The van der Waals surface area contributed by atoms with E-state index in [1.54, 1.807) is 4.90 Å². The summed E-state index contributed by atoms with van der Waals surface area (Å²) < 4.78 is 50.2. The molecule has 2 rings (SSSR count). The topological polar surface area (TPSA) is 49.3 Å². The van der Waals surface area contributed by atoms with Crippen molar-refractivity contribution in [2.24, 2.45) is 0 Å². The number of anilines is 1. The Kier molecular flexibility index (Phi) is 4.05. The minimum absolute atomic E-state index is 0.0578. The molecule has 0 aromatic carbocycles. The molecule has 1 saturated heterocycles. The van der Waals surface area contributed by atoms with Crippen LogP contribution in [0.5, 0.6) is 0 Å². The molecule has 110 valence electrons. The van der Waals surface area contributed by atoms with E-state index in [9.17, 15) is 22.4 Å². The number of carbonyl (C=O) groups is 1. The Balaban J connectivity index is 1.96. The van der Waals surface area contributed by atoms with Gasteiger partial charge in [0.15, 0.2) is 0 Å². The second kappa shape index (κ2) is 5.59. The molecule has 2 heterocycles. The summed E-state index contributed by atoms with van der Waals surface area (Å²) in [6, 6.07) is 0. The van der Waals surface area contributed by atoms with Crippen LogP contribution in [0.1, 0.15) is 0 Å². The molecule has 20 heavy (non-hydrogen) atoms. The number of piperazine rings is 1. The Morgan fingerprint density at radius 2 is 1.85 bits per heavy atom. The van der Waals surface area contributed by atoms with E-state index in [4.69, 9.17) is 0 Å². The fraction of sp³-hybridized carbons (Fsp3) is 0.545. The molecule has 1 aliphatic rings. The molecule has 0 aliphatic carbocycles. The normalized spacial score (nSPS) is 16.6. The standard InChI is InChI=1S/C11H12F4N4O/c12-9(13)11(14,15)10(20)19-5-3-18(4-6-19)8-7-16-1-2-17-8/h1-2,7,9H,3-6H2. The van der Waals surface area contributed by atoms with Gasteiger partial charge in [-0.05, 0) is 0 Å². The van der Waals surface area contributed by atoms with E-state index in [1.165, 1.54) is 18.6 Å². The summed E-state index contributed by atoms with van der Waals surface area (Å²) >= 11 is 0. The Hall–Kier alpha value is -1.93. The summed E-state index contributed by atoms with van der Waals surface area (Å²) in [6.45, 7) is 0.364. The Labute approximate surface area is 112 Å². The van der Waals surface area contributed by atoms with Gasteiger partial charge in [-0.15, -0.1) is 0 Å². The van der Waals surface area contributed by atoms with E-state index in [-0.39, 0.29) is 26.2 Å². The highest BCUT2D eigenvalue weighted by Gasteiger charge is 2.51. The maximum Gasteiger partial charge on any atom is 0.383 e. The summed E-state index contributed by atoms with van der Waals surface area (Å²) in [5.41, 5.74) is 0. The maximum absolute atomic E-state index is 13.0. The van der Waals surface area contributed by atoms with Crippen LogP contribution in [0.15, 0.2) is 18.6 Å². The van der Waals surface area contributed by atoms with Crippen molar-refractivity contribution in [3.63, 3.8) is 0 Å². The van der Waals surface area contributed by atoms with E-state index in [2.05, 4.69) is 9.97 Å². The van der Waals surface area contributed by atoms with E-state index < -0.39 is 18.3 Å². The molecule has 0 spiro atoms. The van der Waals surface area contributed by atoms with Crippen LogP contribution in [0.2, 0.25) is 0 Å². The first kappa shape index (κ1) is 14.5. The molecule has 5 nitrogen and oxygen atoms in total. The van der Waals surface area contributed by atoms with Crippen LogP contribution in [0.25, 0.3) is 0 Å². The summed E-state index contributed by atoms with van der Waals surface area (Å²) in [5.74, 6) is -5.90. The van der Waals surface area contributed by atoms with Crippen LogP contribution in [-0.2, 0) is 4.79 Å². The lowest BCUT2D eigenvalue weighted by atomic mass is 10.2. The first-order valence-electron chi connectivity index (χ1n) is 5.89. The molecule has 0 saturated carbocycles. The van der Waals surface area contributed by atoms with Crippen molar-refractivity contribution < 1.29 is 22.4 Å². The zero-order valence-corrected chi connectivity index (χ0v) is 10.3. The van der Waals surface area contributed by atoms with E-state index in [1.807, 2.05) is 0 Å². The van der Waals surface area contributed by atoms with Gasteiger partial charge in [0, 0.05) is 38.6 Å². The number of nitrogens with zero attached hydrogens (tertiary/aromatic N) is 4. The Morgan fingerprint density at radius 1 is 1.20 bits per heavy atom. The molecule has 0 radical (unpaired) electrons. The number of hydrogen-bond acceptors (Lipinski definition) is 4. The minimum Gasteiger partial charge on any atom is -0.352 e. The number of hydrogen-bond donors (Lipinski definition) is 0. The smallest absolute Gasteiger partial charge is 0.352 e. The number of alkyl halides is 4. The Bertz CT molecular complexity index is 463. The average Bonchev–Trinajstić information content (AvgIpc) is 2.47. The first-order valence-corrected chi connectivity index (χ1v) is 5.89. The molecular weight excluding hydrogens is 280 g/mol. The van der Waals surface area contributed by atoms with Gasteiger partial charge in [0.1, 0.15) is 5.82 Å². The number of rotatable bonds is 3. The molecule has 1 aromatic rings. The van der Waals surface area contributed by atoms with Gasteiger partial charge in [0.05, 0.1) is 6.20 Å². The van der Waals surface area contributed by atoms with E-state index in [0.717, 1.165) is 4.90 Å². The third kappa shape index (κ3) is 2.81. The lowest BCUT2D eigenvalue weighted by Crippen LogP contribution is -2.55. The zero-order valence-electron chi connectivity index (χ0n) is 10.3. The van der Waals surface area contributed by atoms with Crippen LogP contribution in [0, 0.1) is 0 Å². The minimum atomic E-state index is -4.63. The van der Waals surface area contributed by atoms with Crippen LogP contribution >= 0.6 is 0 Å². The van der Waals surface area contributed by atoms with Crippen molar-refractivity contribution in [2.45, 2.75) is 12.3 Å².